The van der Waals surface area contributed by atoms with Gasteiger partial charge in [0.05, 0.1) is 11.9 Å². The van der Waals surface area contributed by atoms with E-state index in [4.69, 9.17) is 0 Å². The molecule has 2 aromatic rings. The van der Waals surface area contributed by atoms with Crippen LogP contribution in [0, 0.1) is 0 Å². The molecule has 0 atom stereocenters. The molecule has 20 heavy (non-hydrogen) atoms. The predicted octanol–water partition coefficient (Wildman–Crippen LogP) is 2.19. The third-order valence-electron chi connectivity index (χ3n) is 3.57. The fraction of sp³-hybridized carbons (Fsp3) is 0.400. The molecule has 0 radical (unpaired) electrons. The third-order valence-corrected chi connectivity index (χ3v) is 3.57. The summed E-state index contributed by atoms with van der Waals surface area (Å²) in [7, 11) is 3.88. The molecule has 3 rings (SSSR count). The van der Waals surface area contributed by atoms with E-state index in [-0.39, 0.29) is 5.75 Å². The maximum atomic E-state index is 9.64. The molecule has 0 aliphatic heterocycles. The molecular formula is C15H18N4O. The molecule has 2 heterocycles. The fourth-order valence-electron chi connectivity index (χ4n) is 2.58. The molecule has 0 saturated heterocycles. The summed E-state index contributed by atoms with van der Waals surface area (Å²) in [6.45, 7) is 0. The van der Waals surface area contributed by atoms with Gasteiger partial charge in [-0.1, -0.05) is 0 Å². The minimum atomic E-state index is 0.164. The molecule has 104 valence electrons. The van der Waals surface area contributed by atoms with Crippen LogP contribution in [0.5, 0.6) is 5.75 Å². The van der Waals surface area contributed by atoms with E-state index in [0.717, 1.165) is 36.2 Å². The van der Waals surface area contributed by atoms with Crippen molar-refractivity contribution in [3.05, 3.63) is 29.7 Å². The zero-order chi connectivity index (χ0) is 14.1. The summed E-state index contributed by atoms with van der Waals surface area (Å²) in [6.07, 6.45) is 7.51. The van der Waals surface area contributed by atoms with Crippen molar-refractivity contribution in [2.45, 2.75) is 25.7 Å². The lowest BCUT2D eigenvalue weighted by molar-refractivity contribution is 0.473. The standard InChI is InChI=1S/C15H18N4O/c1-19(2)15-17-13-6-4-3-5-12(13)14(18-15)10-7-11(20)9-16-8-10/h7-9,20H,3-6H2,1-2H3. The van der Waals surface area contributed by atoms with Gasteiger partial charge in [-0.3, -0.25) is 4.98 Å². The summed E-state index contributed by atoms with van der Waals surface area (Å²) in [6, 6.07) is 1.71. The number of hydrogen-bond donors (Lipinski definition) is 1. The molecule has 0 saturated carbocycles. The maximum absolute atomic E-state index is 9.64. The molecule has 0 fully saturated rings. The lowest BCUT2D eigenvalue weighted by Gasteiger charge is -2.21. The molecule has 1 aliphatic rings. The van der Waals surface area contributed by atoms with Crippen LogP contribution in [0.3, 0.4) is 0 Å². The summed E-state index contributed by atoms with van der Waals surface area (Å²) in [4.78, 5) is 15.3. The molecule has 1 N–H and O–H groups in total. The largest absolute Gasteiger partial charge is 0.506 e. The van der Waals surface area contributed by atoms with E-state index < -0.39 is 0 Å². The molecule has 0 aromatic carbocycles. The Balaban J connectivity index is 2.19. The summed E-state index contributed by atoms with van der Waals surface area (Å²) in [5.41, 5.74) is 4.10. The Hall–Kier alpha value is -2.17. The summed E-state index contributed by atoms with van der Waals surface area (Å²) < 4.78 is 0. The number of rotatable bonds is 2. The van der Waals surface area contributed by atoms with Crippen LogP contribution in [0.2, 0.25) is 0 Å². The quantitative estimate of drug-likeness (QED) is 0.906. The lowest BCUT2D eigenvalue weighted by atomic mass is 9.92. The average molecular weight is 270 g/mol. The number of hydrogen-bond acceptors (Lipinski definition) is 5. The lowest BCUT2D eigenvalue weighted by Crippen LogP contribution is -2.17. The maximum Gasteiger partial charge on any atom is 0.225 e. The first-order valence-corrected chi connectivity index (χ1v) is 6.86. The third kappa shape index (κ3) is 2.31. The van der Waals surface area contributed by atoms with Gasteiger partial charge in [0.25, 0.3) is 0 Å². The molecule has 0 bridgehead atoms. The van der Waals surface area contributed by atoms with E-state index in [1.54, 1.807) is 12.3 Å². The molecule has 5 heteroatoms. The highest BCUT2D eigenvalue weighted by molar-refractivity contribution is 5.66. The Morgan fingerprint density at radius 3 is 2.65 bits per heavy atom. The highest BCUT2D eigenvalue weighted by Gasteiger charge is 2.19. The molecular weight excluding hydrogens is 252 g/mol. The number of anilines is 1. The summed E-state index contributed by atoms with van der Waals surface area (Å²) >= 11 is 0. The number of aryl methyl sites for hydroxylation is 1. The van der Waals surface area contributed by atoms with Gasteiger partial charge in [-0.2, -0.15) is 0 Å². The summed E-state index contributed by atoms with van der Waals surface area (Å²) in [5.74, 6) is 0.876. The Labute approximate surface area is 118 Å². The first-order valence-electron chi connectivity index (χ1n) is 6.86. The second-order valence-electron chi connectivity index (χ2n) is 5.33. The topological polar surface area (TPSA) is 62.1 Å². The number of fused-ring (bicyclic) bond motifs is 1. The first-order chi connectivity index (χ1) is 9.65. The first kappa shape index (κ1) is 12.8. The molecule has 0 spiro atoms. The smallest absolute Gasteiger partial charge is 0.225 e. The molecule has 1 aliphatic carbocycles. The number of pyridine rings is 1. The summed E-state index contributed by atoms with van der Waals surface area (Å²) in [5, 5.41) is 9.64. The van der Waals surface area contributed by atoms with Crippen molar-refractivity contribution in [3.63, 3.8) is 0 Å². The monoisotopic (exact) mass is 270 g/mol. The number of aromatic nitrogens is 3. The van der Waals surface area contributed by atoms with Crippen molar-refractivity contribution in [2.24, 2.45) is 0 Å². The van der Waals surface area contributed by atoms with Crippen molar-refractivity contribution in [1.29, 1.82) is 0 Å². The Kier molecular flexibility index (Phi) is 3.26. The van der Waals surface area contributed by atoms with Crippen LogP contribution in [-0.2, 0) is 12.8 Å². The molecule has 0 amide bonds. The van der Waals surface area contributed by atoms with E-state index in [0.29, 0.717) is 5.95 Å². The van der Waals surface area contributed by atoms with Crippen LogP contribution >= 0.6 is 0 Å². The van der Waals surface area contributed by atoms with Crippen LogP contribution in [0.1, 0.15) is 24.1 Å². The van der Waals surface area contributed by atoms with Gasteiger partial charge >= 0.3 is 0 Å². The normalized spacial score (nSPS) is 13.9. The molecule has 2 aromatic heterocycles. The van der Waals surface area contributed by atoms with E-state index in [2.05, 4.69) is 15.0 Å². The van der Waals surface area contributed by atoms with Gasteiger partial charge in [-0.25, -0.2) is 9.97 Å². The van der Waals surface area contributed by atoms with E-state index >= 15 is 0 Å². The minimum Gasteiger partial charge on any atom is -0.506 e. The van der Waals surface area contributed by atoms with Gasteiger partial charge in [0, 0.05) is 37.1 Å². The highest BCUT2D eigenvalue weighted by atomic mass is 16.3. The Morgan fingerprint density at radius 2 is 1.90 bits per heavy atom. The van der Waals surface area contributed by atoms with Gasteiger partial charge in [-0.05, 0) is 31.7 Å². The zero-order valence-electron chi connectivity index (χ0n) is 11.8. The van der Waals surface area contributed by atoms with E-state index in [1.807, 2.05) is 19.0 Å². The fourth-order valence-corrected chi connectivity index (χ4v) is 2.58. The van der Waals surface area contributed by atoms with Crippen LogP contribution < -0.4 is 4.90 Å². The van der Waals surface area contributed by atoms with Crippen LogP contribution in [0.4, 0.5) is 5.95 Å². The number of aromatic hydroxyl groups is 1. The van der Waals surface area contributed by atoms with Gasteiger partial charge in [-0.15, -0.1) is 0 Å². The van der Waals surface area contributed by atoms with Gasteiger partial charge < -0.3 is 10.0 Å². The van der Waals surface area contributed by atoms with Gasteiger partial charge in [0.1, 0.15) is 5.75 Å². The SMILES string of the molecule is CN(C)c1nc2c(c(-c3cncc(O)c3)n1)CCCC2. The van der Waals surface area contributed by atoms with E-state index in [1.165, 1.54) is 18.2 Å². The zero-order valence-corrected chi connectivity index (χ0v) is 11.8. The second kappa shape index (κ2) is 5.07. The van der Waals surface area contributed by atoms with Crippen molar-refractivity contribution >= 4 is 5.95 Å². The predicted molar refractivity (Wildman–Crippen MR) is 77.9 cm³/mol. The van der Waals surface area contributed by atoms with Crippen LogP contribution in [-0.4, -0.2) is 34.2 Å². The van der Waals surface area contributed by atoms with Crippen molar-refractivity contribution in [1.82, 2.24) is 15.0 Å². The van der Waals surface area contributed by atoms with Crippen molar-refractivity contribution < 1.29 is 5.11 Å². The van der Waals surface area contributed by atoms with Crippen molar-refractivity contribution in [3.8, 4) is 17.0 Å². The Morgan fingerprint density at radius 1 is 1.10 bits per heavy atom. The van der Waals surface area contributed by atoms with Crippen LogP contribution in [0.25, 0.3) is 11.3 Å². The minimum absolute atomic E-state index is 0.164. The van der Waals surface area contributed by atoms with E-state index in [9.17, 15) is 5.11 Å². The Bertz CT molecular complexity index is 640. The molecule has 0 unspecified atom stereocenters. The second-order valence-corrected chi connectivity index (χ2v) is 5.33. The molecule has 5 nitrogen and oxygen atoms in total. The average Bonchev–Trinajstić information content (AvgIpc) is 2.46. The van der Waals surface area contributed by atoms with Gasteiger partial charge in [0.2, 0.25) is 5.95 Å². The van der Waals surface area contributed by atoms with Crippen LogP contribution in [0.15, 0.2) is 18.5 Å². The number of nitrogens with zero attached hydrogens (tertiary/aromatic N) is 4. The van der Waals surface area contributed by atoms with Gasteiger partial charge in [0.15, 0.2) is 0 Å². The highest BCUT2D eigenvalue weighted by Crippen LogP contribution is 2.31. The van der Waals surface area contributed by atoms with Crippen molar-refractivity contribution in [2.75, 3.05) is 19.0 Å².